The zero-order valence-corrected chi connectivity index (χ0v) is 23.7. The molecule has 2 N–H and O–H groups in total. The Morgan fingerprint density at radius 3 is 2.44 bits per heavy atom. The number of carboxylic acids is 2. The lowest BCUT2D eigenvalue weighted by Gasteiger charge is -2.21. The number of carbonyl (C=O) groups is 2. The maximum absolute atomic E-state index is 14.5. The molecule has 1 saturated heterocycles. The molecular weight excluding hydrogens is 602 g/mol. The molecule has 5 rings (SSSR count). The highest BCUT2D eigenvalue weighted by molar-refractivity contribution is 7.99. The van der Waals surface area contributed by atoms with Crippen LogP contribution in [0, 0.1) is 18.7 Å². The maximum Gasteiger partial charge on any atom is 0.416 e. The standard InChI is InChI=1S/C22H23F4N5OS.C4H6O6/c1-13-18(32-12-27-13)19-28-29-20(30(19)2)33-7-3-6-31-10-15-9-21(15,11-31)16-5-4-14(8-17(16)23)22(24,25)26;5-1(3(7)8)2(6)4(9)10/h4-5,8,12,15H,3,6-7,9-11H2,1-2H3;1-2,5-6H,(H,7,8)(H,9,10)/p-2. The summed E-state index contributed by atoms with van der Waals surface area (Å²) in [6.45, 7) is 4.23. The first-order valence-electron chi connectivity index (χ1n) is 13.0. The molecule has 4 atom stereocenters. The molecule has 0 spiro atoms. The number of alkyl halides is 3. The Balaban J connectivity index is 0.000000365. The van der Waals surface area contributed by atoms with Gasteiger partial charge in [0.15, 0.2) is 17.3 Å². The minimum atomic E-state index is -4.53. The van der Waals surface area contributed by atoms with Gasteiger partial charge < -0.3 is 43.9 Å². The van der Waals surface area contributed by atoms with Gasteiger partial charge in [-0.05, 0) is 49.9 Å². The van der Waals surface area contributed by atoms with Gasteiger partial charge in [0.1, 0.15) is 18.0 Å². The van der Waals surface area contributed by atoms with Crippen molar-refractivity contribution in [3.05, 3.63) is 47.2 Å². The fourth-order valence-electron chi connectivity index (χ4n) is 5.13. The zero-order chi connectivity index (χ0) is 31.7. The van der Waals surface area contributed by atoms with Crippen LogP contribution in [0.2, 0.25) is 0 Å². The Kier molecular flexibility index (Phi) is 9.48. The van der Waals surface area contributed by atoms with E-state index < -0.39 is 41.7 Å². The molecule has 2 fully saturated rings. The first-order valence-corrected chi connectivity index (χ1v) is 13.9. The number of fused-ring (bicyclic) bond motifs is 1. The molecule has 12 nitrogen and oxygen atoms in total. The number of rotatable bonds is 10. The highest BCUT2D eigenvalue weighted by atomic mass is 32.2. The molecule has 0 amide bonds. The third-order valence-corrected chi connectivity index (χ3v) is 8.57. The van der Waals surface area contributed by atoms with Crippen LogP contribution >= 0.6 is 11.8 Å². The van der Waals surface area contributed by atoms with E-state index in [4.69, 9.17) is 14.6 Å². The van der Waals surface area contributed by atoms with Crippen molar-refractivity contribution < 1.29 is 52.0 Å². The lowest BCUT2D eigenvalue weighted by molar-refractivity contribution is -0.333. The van der Waals surface area contributed by atoms with Crippen LogP contribution < -0.4 is 10.2 Å². The van der Waals surface area contributed by atoms with Crippen molar-refractivity contribution in [3.8, 4) is 11.6 Å². The number of piperidine rings is 1. The number of aromatic nitrogens is 4. The number of thioether (sulfide) groups is 1. The summed E-state index contributed by atoms with van der Waals surface area (Å²) in [6, 6.07) is 2.96. The first kappa shape index (κ1) is 32.4. The van der Waals surface area contributed by atoms with E-state index in [-0.39, 0.29) is 5.41 Å². The molecule has 0 bridgehead atoms. The number of oxazole rings is 1. The normalized spacial score (nSPS) is 21.1. The number of aryl methyl sites for hydroxylation is 1. The molecular formula is C26H27F4N5O7S-2. The summed E-state index contributed by atoms with van der Waals surface area (Å²) >= 11 is 1.60. The molecule has 2 aliphatic rings. The second-order valence-electron chi connectivity index (χ2n) is 10.3. The van der Waals surface area contributed by atoms with Gasteiger partial charge in [-0.15, -0.1) is 10.2 Å². The number of carboxylic acid groups (broad SMARTS) is 2. The van der Waals surface area contributed by atoms with Gasteiger partial charge in [-0.25, -0.2) is 9.37 Å². The Labute approximate surface area is 246 Å². The van der Waals surface area contributed by atoms with E-state index in [0.29, 0.717) is 35.7 Å². The van der Waals surface area contributed by atoms with E-state index in [1.807, 2.05) is 18.5 Å². The second-order valence-corrected chi connectivity index (χ2v) is 11.4. The average molecular weight is 630 g/mol. The molecule has 43 heavy (non-hydrogen) atoms. The summed E-state index contributed by atoms with van der Waals surface area (Å²) in [5.74, 6) is -2.48. The molecule has 0 radical (unpaired) electrons. The molecule has 1 aliphatic carbocycles. The zero-order valence-electron chi connectivity index (χ0n) is 22.9. The Bertz CT molecular complexity index is 1460. The lowest BCUT2D eigenvalue weighted by atomic mass is 9.93. The van der Waals surface area contributed by atoms with Crippen molar-refractivity contribution in [2.24, 2.45) is 13.0 Å². The van der Waals surface area contributed by atoms with Gasteiger partial charge in [0.05, 0.1) is 23.2 Å². The molecule has 2 aromatic heterocycles. The molecule has 1 aliphatic heterocycles. The van der Waals surface area contributed by atoms with Crippen LogP contribution in [0.1, 0.15) is 29.7 Å². The highest BCUT2D eigenvalue weighted by Gasteiger charge is 2.61. The predicted molar refractivity (Wildman–Crippen MR) is 136 cm³/mol. The van der Waals surface area contributed by atoms with Crippen molar-refractivity contribution >= 4 is 23.7 Å². The van der Waals surface area contributed by atoms with E-state index in [1.54, 1.807) is 11.8 Å². The molecule has 4 unspecified atom stereocenters. The fourth-order valence-corrected chi connectivity index (χ4v) is 5.97. The Morgan fingerprint density at radius 1 is 1.21 bits per heavy atom. The third kappa shape index (κ3) is 7.00. The Hall–Kier alpha value is -3.54. The number of hydrogen-bond acceptors (Lipinski definition) is 12. The molecule has 1 aromatic carbocycles. The van der Waals surface area contributed by atoms with Crippen molar-refractivity contribution in [3.63, 3.8) is 0 Å². The number of halogens is 4. The monoisotopic (exact) mass is 629 g/mol. The predicted octanol–water partition coefficient (Wildman–Crippen LogP) is -0.0999. The minimum Gasteiger partial charge on any atom is -0.547 e. The van der Waals surface area contributed by atoms with E-state index in [9.17, 15) is 37.4 Å². The number of aliphatic hydroxyl groups is 2. The van der Waals surface area contributed by atoms with Gasteiger partial charge in [0.25, 0.3) is 0 Å². The number of hydrogen-bond donors (Lipinski definition) is 2. The molecule has 234 valence electrons. The number of benzene rings is 1. The van der Waals surface area contributed by atoms with Crippen molar-refractivity contribution in [1.29, 1.82) is 0 Å². The van der Waals surface area contributed by atoms with Crippen LogP contribution in [0.25, 0.3) is 11.6 Å². The van der Waals surface area contributed by atoms with Crippen LogP contribution in [0.15, 0.2) is 34.2 Å². The summed E-state index contributed by atoms with van der Waals surface area (Å²) in [5.41, 5.74) is -0.0937. The minimum absolute atomic E-state index is 0.308. The van der Waals surface area contributed by atoms with Crippen molar-refractivity contribution in [2.75, 3.05) is 25.4 Å². The van der Waals surface area contributed by atoms with E-state index >= 15 is 0 Å². The summed E-state index contributed by atoms with van der Waals surface area (Å²) in [6.07, 6.45) is -6.28. The number of aliphatic hydroxyl groups excluding tert-OH is 2. The summed E-state index contributed by atoms with van der Waals surface area (Å²) in [4.78, 5) is 25.6. The van der Waals surface area contributed by atoms with E-state index in [2.05, 4.69) is 20.1 Å². The molecule has 3 heterocycles. The lowest BCUT2D eigenvalue weighted by Crippen LogP contribution is -2.51. The van der Waals surface area contributed by atoms with Gasteiger partial charge in [-0.2, -0.15) is 13.2 Å². The van der Waals surface area contributed by atoms with Crippen LogP contribution in [-0.2, 0) is 28.2 Å². The fraction of sp³-hybridized carbons (Fsp3) is 0.500. The van der Waals surface area contributed by atoms with Crippen LogP contribution in [0.5, 0.6) is 0 Å². The highest BCUT2D eigenvalue weighted by Crippen LogP contribution is 2.59. The molecule has 17 heteroatoms. The smallest absolute Gasteiger partial charge is 0.416 e. The van der Waals surface area contributed by atoms with Crippen molar-refractivity contribution in [2.45, 2.75) is 48.7 Å². The summed E-state index contributed by atoms with van der Waals surface area (Å²) < 4.78 is 60.4. The number of aliphatic carboxylic acids is 2. The van der Waals surface area contributed by atoms with Crippen LogP contribution in [0.3, 0.4) is 0 Å². The SMILES string of the molecule is Cc1ncoc1-c1nnc(SCCCN2CC3CC3(c3ccc(C(F)(F)F)cc3F)C2)n1C.O=C([O-])C(O)C(O)C(=O)[O-]. The topological polar surface area (TPSA) is 181 Å². The summed E-state index contributed by atoms with van der Waals surface area (Å²) in [5, 5.41) is 45.0. The van der Waals surface area contributed by atoms with Gasteiger partial charge in [0, 0.05) is 31.3 Å². The van der Waals surface area contributed by atoms with E-state index in [1.165, 1.54) is 12.5 Å². The number of nitrogens with zero attached hydrogens (tertiary/aromatic N) is 5. The largest absolute Gasteiger partial charge is 0.547 e. The maximum atomic E-state index is 14.5. The van der Waals surface area contributed by atoms with Gasteiger partial charge in [-0.3, -0.25) is 0 Å². The van der Waals surface area contributed by atoms with Crippen molar-refractivity contribution in [1.82, 2.24) is 24.6 Å². The quantitative estimate of drug-likeness (QED) is 0.173. The molecule has 3 aromatic rings. The van der Waals surface area contributed by atoms with E-state index in [0.717, 1.165) is 48.6 Å². The Morgan fingerprint density at radius 2 is 1.88 bits per heavy atom. The number of likely N-dealkylation sites (tertiary alicyclic amines) is 1. The third-order valence-electron chi connectivity index (χ3n) is 7.46. The second kappa shape index (κ2) is 12.6. The number of carbonyl (C=O) groups excluding carboxylic acids is 2. The molecule has 1 saturated carbocycles. The van der Waals surface area contributed by atoms with Gasteiger partial charge in [0.2, 0.25) is 5.82 Å². The average Bonchev–Trinajstić information content (AvgIpc) is 3.21. The van der Waals surface area contributed by atoms with Crippen LogP contribution in [-0.4, -0.2) is 84.4 Å². The van der Waals surface area contributed by atoms with Gasteiger partial charge in [-0.1, -0.05) is 17.8 Å². The van der Waals surface area contributed by atoms with Crippen LogP contribution in [0.4, 0.5) is 17.6 Å². The van der Waals surface area contributed by atoms with Gasteiger partial charge >= 0.3 is 6.18 Å². The first-order chi connectivity index (χ1) is 20.2. The summed E-state index contributed by atoms with van der Waals surface area (Å²) in [7, 11) is 1.88.